The van der Waals surface area contributed by atoms with Gasteiger partial charge in [-0.05, 0) is 72.2 Å². The van der Waals surface area contributed by atoms with Crippen molar-refractivity contribution in [3.8, 4) is 0 Å². The van der Waals surface area contributed by atoms with Crippen molar-refractivity contribution in [1.82, 2.24) is 9.88 Å². The highest BCUT2D eigenvalue weighted by molar-refractivity contribution is 5.85. The van der Waals surface area contributed by atoms with Crippen LogP contribution in [0.25, 0.3) is 10.9 Å². The first-order chi connectivity index (χ1) is 27.0. The topological polar surface area (TPSA) is 172 Å². The van der Waals surface area contributed by atoms with Crippen molar-refractivity contribution in [3.05, 3.63) is 48.7 Å². The minimum absolute atomic E-state index is 0.00921. The molecule has 3 aliphatic heterocycles. The van der Waals surface area contributed by atoms with Crippen LogP contribution in [0.15, 0.2) is 43.1 Å². The second-order valence-corrected chi connectivity index (χ2v) is 16.5. The number of aliphatic hydroxyl groups excluding tert-OH is 1. The number of aromatic nitrogens is 1. The number of para-hydroxylation sites is 1. The summed E-state index contributed by atoms with van der Waals surface area (Å²) in [5.41, 5.74) is 0.397. The molecule has 4 heterocycles. The average Bonchev–Trinajstić information content (AvgIpc) is 3.74. The number of aromatic amines is 1. The van der Waals surface area contributed by atoms with Gasteiger partial charge >= 0.3 is 18.1 Å². The zero-order valence-corrected chi connectivity index (χ0v) is 34.8. The van der Waals surface area contributed by atoms with E-state index in [-0.39, 0.29) is 43.8 Å². The summed E-state index contributed by atoms with van der Waals surface area (Å²) in [5.74, 6) is -4.87. The number of fused-ring (bicyclic) bond motifs is 2. The normalized spacial score (nSPS) is 36.8. The van der Waals surface area contributed by atoms with Crippen molar-refractivity contribution in [2.45, 2.75) is 141 Å². The molecule has 14 nitrogen and oxygen atoms in total. The Hall–Kier alpha value is -3.82. The van der Waals surface area contributed by atoms with Crippen LogP contribution < -0.4 is 0 Å². The molecule has 0 aliphatic carbocycles. The average molecular weight is 799 g/mol. The molecule has 14 atom stereocenters. The van der Waals surface area contributed by atoms with Crippen LogP contribution in [-0.2, 0) is 54.0 Å². The van der Waals surface area contributed by atoms with E-state index in [4.69, 9.17) is 33.2 Å². The number of carbonyl (C=O) groups is 4. The molecule has 0 saturated carbocycles. The summed E-state index contributed by atoms with van der Waals surface area (Å²) < 4.78 is 43.2. The lowest BCUT2D eigenvalue weighted by molar-refractivity contribution is -0.290. The number of nitrogens with zero attached hydrogens (tertiary/aromatic N) is 1. The van der Waals surface area contributed by atoms with Gasteiger partial charge in [-0.15, -0.1) is 6.58 Å². The van der Waals surface area contributed by atoms with Gasteiger partial charge in [-0.3, -0.25) is 14.4 Å². The second-order valence-electron chi connectivity index (χ2n) is 16.5. The Morgan fingerprint density at radius 2 is 1.77 bits per heavy atom. The molecule has 57 heavy (non-hydrogen) atoms. The lowest BCUT2D eigenvalue weighted by atomic mass is 9.77. The third-order valence-electron chi connectivity index (χ3n) is 12.1. The highest BCUT2D eigenvalue weighted by atomic mass is 16.8. The number of nitrogens with one attached hydrogen (secondary N) is 1. The molecule has 0 bridgehead atoms. The Morgan fingerprint density at radius 3 is 2.46 bits per heavy atom. The zero-order chi connectivity index (χ0) is 41.8. The number of cyclic esters (lactones) is 1. The lowest BCUT2D eigenvalue weighted by Gasteiger charge is -2.45. The predicted molar refractivity (Wildman–Crippen MR) is 210 cm³/mol. The van der Waals surface area contributed by atoms with E-state index in [0.717, 1.165) is 16.5 Å². The number of likely N-dealkylation sites (N-methyl/N-ethyl adjacent to an activating group) is 1. The van der Waals surface area contributed by atoms with E-state index in [1.54, 1.807) is 47.6 Å². The molecule has 2 aromatic rings. The maximum atomic E-state index is 14.3. The Balaban J connectivity index is 1.57. The molecule has 3 aliphatic rings. The Labute approximate surface area is 335 Å². The van der Waals surface area contributed by atoms with Crippen molar-refractivity contribution in [2.24, 2.45) is 23.7 Å². The van der Waals surface area contributed by atoms with Crippen LogP contribution in [0.2, 0.25) is 0 Å². The highest BCUT2D eigenvalue weighted by Gasteiger charge is 2.58. The van der Waals surface area contributed by atoms with Gasteiger partial charge in [0.25, 0.3) is 0 Å². The molecular formula is C43H62N2O12. The number of esters is 2. The Morgan fingerprint density at radius 1 is 1.05 bits per heavy atom. The highest BCUT2D eigenvalue weighted by Crippen LogP contribution is 2.41. The van der Waals surface area contributed by atoms with Gasteiger partial charge in [-0.25, -0.2) is 4.79 Å². The van der Waals surface area contributed by atoms with Gasteiger partial charge in [0, 0.05) is 41.4 Å². The summed E-state index contributed by atoms with van der Waals surface area (Å²) in [6.45, 7) is 16.0. The first-order valence-corrected chi connectivity index (χ1v) is 20.3. The number of ketones is 1. The molecule has 5 rings (SSSR count). The van der Waals surface area contributed by atoms with E-state index in [9.17, 15) is 24.3 Å². The maximum absolute atomic E-state index is 14.3. The maximum Gasteiger partial charge on any atom is 0.509 e. The smallest absolute Gasteiger partial charge is 0.461 e. The summed E-state index contributed by atoms with van der Waals surface area (Å²) in [6, 6.07) is 7.50. The van der Waals surface area contributed by atoms with Gasteiger partial charge in [0.15, 0.2) is 18.0 Å². The molecule has 316 valence electrons. The van der Waals surface area contributed by atoms with Crippen molar-refractivity contribution in [3.63, 3.8) is 0 Å². The van der Waals surface area contributed by atoms with Crippen LogP contribution in [0, 0.1) is 23.7 Å². The minimum atomic E-state index is -1.49. The van der Waals surface area contributed by atoms with Crippen molar-refractivity contribution in [1.29, 1.82) is 0 Å². The standard InChI is InChI=1S/C43H62N2O12/c1-11-19-51-32-20-23(3)35(47)25(5)39-43(8,57-42(50)56-39)33(12-2)53-40(49)27(7)37(54-34(46)18-17-28-22-44-30-16-14-13-15-29(28)30)26(6)38(32)55-41-36(48)31(45(9)10)21-24(4)52-41/h11,13-16,22-27,31-33,36-39,41,44,48H,1,12,17-21H2,2-10H3/t23-,24-,25+,26+,27-,31+,32-,33-,36-,37+,38-,39-,41+,43-/m1/s1. The third kappa shape index (κ3) is 9.73. The molecule has 1 aromatic heterocycles. The molecule has 0 radical (unpaired) electrons. The SMILES string of the molecule is C=CCO[C@@H]1C[C@@H](C)C(=O)[C@H](C)[C@H]2OC(=O)O[C@]2(C)[C@@H](CC)OC(=O)[C@H](C)[C@@H](OC(=O)CCc2c[nH]c3ccccc23)[C@H](C)[C@H]1O[C@@H]1O[C@H](C)C[C@H](N(C)C)[C@H]1O. The van der Waals surface area contributed by atoms with Gasteiger partial charge in [0.05, 0.1) is 36.8 Å². The van der Waals surface area contributed by atoms with E-state index >= 15 is 0 Å². The fourth-order valence-corrected chi connectivity index (χ4v) is 8.87. The number of carbonyl (C=O) groups excluding carboxylic acids is 4. The molecule has 0 unspecified atom stereocenters. The fourth-order valence-electron chi connectivity index (χ4n) is 8.87. The zero-order valence-electron chi connectivity index (χ0n) is 34.8. The summed E-state index contributed by atoms with van der Waals surface area (Å²) in [5, 5.41) is 12.6. The lowest BCUT2D eigenvalue weighted by Crippen LogP contribution is -2.58. The number of ether oxygens (including phenoxy) is 7. The molecule has 0 spiro atoms. The van der Waals surface area contributed by atoms with E-state index in [0.29, 0.717) is 12.8 Å². The summed E-state index contributed by atoms with van der Waals surface area (Å²) in [6.07, 6.45) is -3.78. The molecule has 1 aromatic carbocycles. The largest absolute Gasteiger partial charge is 0.509 e. The number of Topliss-reactive ketones (excluding diaryl/α,β-unsaturated/α-hetero) is 1. The first kappa shape index (κ1) is 44.3. The monoisotopic (exact) mass is 798 g/mol. The van der Waals surface area contributed by atoms with E-state index in [1.165, 1.54) is 0 Å². The van der Waals surface area contributed by atoms with Crippen molar-refractivity contribution in [2.75, 3.05) is 20.7 Å². The van der Waals surface area contributed by atoms with E-state index in [2.05, 4.69) is 11.6 Å². The number of H-pyrrole nitrogens is 1. The van der Waals surface area contributed by atoms with E-state index in [1.807, 2.05) is 56.4 Å². The summed E-state index contributed by atoms with van der Waals surface area (Å²) in [4.78, 5) is 60.4. The first-order valence-electron chi connectivity index (χ1n) is 20.3. The van der Waals surface area contributed by atoms with Crippen LogP contribution in [0.3, 0.4) is 0 Å². The third-order valence-corrected chi connectivity index (χ3v) is 12.1. The second kappa shape index (κ2) is 18.8. The van der Waals surface area contributed by atoms with Crippen molar-refractivity contribution >= 4 is 34.8 Å². The van der Waals surface area contributed by atoms with Crippen molar-refractivity contribution < 1.29 is 57.4 Å². The quantitative estimate of drug-likeness (QED) is 0.165. The van der Waals surface area contributed by atoms with Crippen LogP contribution in [0.4, 0.5) is 4.79 Å². The minimum Gasteiger partial charge on any atom is -0.461 e. The van der Waals surface area contributed by atoms with Gasteiger partial charge in [-0.2, -0.15) is 0 Å². The number of aryl methyl sites for hydroxylation is 1. The number of hydrogen-bond acceptors (Lipinski definition) is 13. The number of aliphatic hydroxyl groups is 1. The Bertz CT molecular complexity index is 1730. The molecule has 0 amide bonds. The van der Waals surface area contributed by atoms with Crippen LogP contribution >= 0.6 is 0 Å². The predicted octanol–water partition coefficient (Wildman–Crippen LogP) is 5.53. The number of rotatable bonds is 11. The molecule has 14 heteroatoms. The summed E-state index contributed by atoms with van der Waals surface area (Å²) in [7, 11) is 3.75. The molecule has 3 saturated heterocycles. The van der Waals surface area contributed by atoms with Gasteiger partial charge in [-0.1, -0.05) is 52.0 Å². The molecule has 2 N–H and O–H groups in total. The van der Waals surface area contributed by atoms with Crippen LogP contribution in [-0.4, -0.2) is 120 Å². The van der Waals surface area contributed by atoms with Gasteiger partial charge in [0.2, 0.25) is 0 Å². The van der Waals surface area contributed by atoms with Gasteiger partial charge in [0.1, 0.15) is 24.1 Å². The summed E-state index contributed by atoms with van der Waals surface area (Å²) >= 11 is 0. The number of hydrogen-bond donors (Lipinski definition) is 2. The van der Waals surface area contributed by atoms with Crippen LogP contribution in [0.5, 0.6) is 0 Å². The van der Waals surface area contributed by atoms with E-state index < -0.39 is 90.3 Å². The Kier molecular flexibility index (Phi) is 14.6. The fraction of sp³-hybridized carbons (Fsp3) is 0.674. The van der Waals surface area contributed by atoms with Gasteiger partial charge < -0.3 is 48.1 Å². The molecular weight excluding hydrogens is 736 g/mol. The van der Waals surface area contributed by atoms with Crippen LogP contribution in [0.1, 0.15) is 79.7 Å². The number of benzene rings is 1. The molecule has 3 fully saturated rings.